The van der Waals surface area contributed by atoms with Gasteiger partial charge in [0.1, 0.15) is 12.2 Å². The van der Waals surface area contributed by atoms with Gasteiger partial charge in [0.15, 0.2) is 0 Å². The summed E-state index contributed by atoms with van der Waals surface area (Å²) in [5.74, 6) is 0.706. The van der Waals surface area contributed by atoms with E-state index in [2.05, 4.69) is 15.2 Å². The Bertz CT molecular complexity index is 308. The van der Waals surface area contributed by atoms with E-state index in [1.54, 1.807) is 11.9 Å². The quantitative estimate of drug-likeness (QED) is 0.718. The first-order chi connectivity index (χ1) is 7.02. The van der Waals surface area contributed by atoms with Crippen LogP contribution in [0.4, 0.5) is 0 Å². The van der Waals surface area contributed by atoms with Crippen LogP contribution in [0.2, 0.25) is 0 Å². The van der Waals surface area contributed by atoms with E-state index in [-0.39, 0.29) is 11.8 Å². The van der Waals surface area contributed by atoms with E-state index < -0.39 is 6.04 Å². The van der Waals surface area contributed by atoms with Crippen LogP contribution >= 0.6 is 0 Å². The Morgan fingerprint density at radius 3 is 2.80 bits per heavy atom. The maximum Gasteiger partial charge on any atom is 0.239 e. The zero-order valence-corrected chi connectivity index (χ0v) is 9.27. The SMILES string of the molecule is CC(C)[C@@H](N)C(=O)N(C)Cc1ncn[nH]1. The molecule has 0 aliphatic rings. The van der Waals surface area contributed by atoms with Crippen molar-refractivity contribution in [2.24, 2.45) is 11.7 Å². The number of likely N-dealkylation sites (N-methyl/N-ethyl adjacent to an activating group) is 1. The average Bonchev–Trinajstić information content (AvgIpc) is 2.67. The zero-order chi connectivity index (χ0) is 11.4. The van der Waals surface area contributed by atoms with Crippen LogP contribution in [0.15, 0.2) is 6.33 Å². The molecule has 0 saturated carbocycles. The van der Waals surface area contributed by atoms with Crippen LogP contribution in [0.1, 0.15) is 19.7 Å². The summed E-state index contributed by atoms with van der Waals surface area (Å²) >= 11 is 0. The second-order valence-electron chi connectivity index (χ2n) is 3.90. The predicted molar refractivity (Wildman–Crippen MR) is 55.7 cm³/mol. The maximum absolute atomic E-state index is 11.7. The molecular formula is C9H17N5O. The molecule has 3 N–H and O–H groups in total. The number of H-pyrrole nitrogens is 1. The fraction of sp³-hybridized carbons (Fsp3) is 0.667. The van der Waals surface area contributed by atoms with Gasteiger partial charge in [0.05, 0.1) is 12.6 Å². The van der Waals surface area contributed by atoms with Crippen molar-refractivity contribution >= 4 is 5.91 Å². The molecule has 0 unspecified atom stereocenters. The highest BCUT2D eigenvalue weighted by atomic mass is 16.2. The monoisotopic (exact) mass is 211 g/mol. The van der Waals surface area contributed by atoms with Crippen molar-refractivity contribution in [3.63, 3.8) is 0 Å². The fourth-order valence-corrected chi connectivity index (χ4v) is 1.15. The summed E-state index contributed by atoms with van der Waals surface area (Å²) in [5.41, 5.74) is 5.75. The molecule has 1 heterocycles. The Balaban J connectivity index is 2.54. The van der Waals surface area contributed by atoms with Crippen molar-refractivity contribution in [1.29, 1.82) is 0 Å². The number of nitrogens with two attached hydrogens (primary N) is 1. The van der Waals surface area contributed by atoms with E-state index in [9.17, 15) is 4.79 Å². The molecular weight excluding hydrogens is 194 g/mol. The zero-order valence-electron chi connectivity index (χ0n) is 9.27. The first kappa shape index (κ1) is 11.6. The second-order valence-corrected chi connectivity index (χ2v) is 3.90. The summed E-state index contributed by atoms with van der Waals surface area (Å²) in [4.78, 5) is 17.2. The molecule has 6 heteroatoms. The van der Waals surface area contributed by atoms with Crippen LogP contribution < -0.4 is 5.73 Å². The third kappa shape index (κ3) is 3.02. The molecule has 1 rings (SSSR count). The lowest BCUT2D eigenvalue weighted by atomic mass is 10.0. The predicted octanol–water partition coefficient (Wildman–Crippen LogP) is -0.254. The van der Waals surface area contributed by atoms with Gasteiger partial charge in [-0.3, -0.25) is 9.89 Å². The largest absolute Gasteiger partial charge is 0.337 e. The standard InChI is InChI=1S/C9H17N5O/c1-6(2)8(10)9(15)14(3)4-7-11-5-12-13-7/h5-6,8H,4,10H2,1-3H3,(H,11,12,13)/t8-/m1/s1. The van der Waals surface area contributed by atoms with Crippen molar-refractivity contribution in [3.8, 4) is 0 Å². The van der Waals surface area contributed by atoms with Crippen LogP contribution in [0.3, 0.4) is 0 Å². The van der Waals surface area contributed by atoms with Crippen LogP contribution in [-0.2, 0) is 11.3 Å². The van der Waals surface area contributed by atoms with Gasteiger partial charge in [0.25, 0.3) is 0 Å². The Morgan fingerprint density at radius 1 is 1.67 bits per heavy atom. The molecule has 0 bridgehead atoms. The molecule has 0 aliphatic carbocycles. The Hall–Kier alpha value is -1.43. The van der Waals surface area contributed by atoms with E-state index >= 15 is 0 Å². The van der Waals surface area contributed by atoms with Crippen LogP contribution in [0.25, 0.3) is 0 Å². The summed E-state index contributed by atoms with van der Waals surface area (Å²) in [6.45, 7) is 4.25. The third-order valence-electron chi connectivity index (χ3n) is 2.23. The van der Waals surface area contributed by atoms with Crippen molar-refractivity contribution < 1.29 is 4.79 Å². The lowest BCUT2D eigenvalue weighted by molar-refractivity contribution is -0.132. The molecule has 1 aromatic heterocycles. The minimum atomic E-state index is -0.460. The molecule has 0 spiro atoms. The molecule has 0 radical (unpaired) electrons. The summed E-state index contributed by atoms with van der Waals surface area (Å²) < 4.78 is 0. The Morgan fingerprint density at radius 2 is 2.33 bits per heavy atom. The summed E-state index contributed by atoms with van der Waals surface area (Å²) in [7, 11) is 1.70. The minimum Gasteiger partial charge on any atom is -0.337 e. The van der Waals surface area contributed by atoms with Gasteiger partial charge in [-0.25, -0.2) is 4.98 Å². The molecule has 0 aromatic carbocycles. The molecule has 1 aromatic rings. The smallest absolute Gasteiger partial charge is 0.239 e. The topological polar surface area (TPSA) is 87.9 Å². The van der Waals surface area contributed by atoms with Crippen LogP contribution in [0, 0.1) is 5.92 Å². The van der Waals surface area contributed by atoms with Gasteiger partial charge in [-0.2, -0.15) is 5.10 Å². The summed E-state index contributed by atoms with van der Waals surface area (Å²) in [5, 5.41) is 6.40. The highest BCUT2D eigenvalue weighted by molar-refractivity contribution is 5.81. The Labute approximate surface area is 88.9 Å². The number of amides is 1. The van der Waals surface area contributed by atoms with E-state index in [4.69, 9.17) is 5.73 Å². The third-order valence-corrected chi connectivity index (χ3v) is 2.23. The highest BCUT2D eigenvalue weighted by Crippen LogP contribution is 2.04. The number of nitrogens with one attached hydrogen (secondary N) is 1. The first-order valence-corrected chi connectivity index (χ1v) is 4.87. The minimum absolute atomic E-state index is 0.0820. The van der Waals surface area contributed by atoms with E-state index in [0.717, 1.165) is 0 Å². The van der Waals surface area contributed by atoms with E-state index in [1.165, 1.54) is 6.33 Å². The molecule has 6 nitrogen and oxygen atoms in total. The van der Waals surface area contributed by atoms with Crippen molar-refractivity contribution in [2.45, 2.75) is 26.4 Å². The second kappa shape index (κ2) is 4.88. The molecule has 0 aliphatic heterocycles. The van der Waals surface area contributed by atoms with Gasteiger partial charge in [-0.1, -0.05) is 13.8 Å². The van der Waals surface area contributed by atoms with Gasteiger partial charge in [-0.05, 0) is 5.92 Å². The number of carbonyl (C=O) groups excluding carboxylic acids is 1. The number of aromatic amines is 1. The molecule has 15 heavy (non-hydrogen) atoms. The van der Waals surface area contributed by atoms with Crippen molar-refractivity contribution in [3.05, 3.63) is 12.2 Å². The Kier molecular flexibility index (Phi) is 3.79. The summed E-state index contributed by atoms with van der Waals surface area (Å²) in [6.07, 6.45) is 1.41. The molecule has 0 saturated heterocycles. The van der Waals surface area contributed by atoms with Crippen molar-refractivity contribution in [2.75, 3.05) is 7.05 Å². The van der Waals surface area contributed by atoms with Crippen LogP contribution in [-0.4, -0.2) is 39.1 Å². The average molecular weight is 211 g/mol. The number of rotatable bonds is 4. The number of nitrogens with zero attached hydrogens (tertiary/aromatic N) is 3. The van der Waals surface area contributed by atoms with Gasteiger partial charge < -0.3 is 10.6 Å². The van der Waals surface area contributed by atoms with Gasteiger partial charge in [0, 0.05) is 7.05 Å². The van der Waals surface area contributed by atoms with E-state index in [0.29, 0.717) is 12.4 Å². The molecule has 0 fully saturated rings. The molecule has 1 amide bonds. The normalized spacial score (nSPS) is 12.9. The number of hydrogen-bond donors (Lipinski definition) is 2. The van der Waals surface area contributed by atoms with Gasteiger partial charge in [-0.15, -0.1) is 0 Å². The summed E-state index contributed by atoms with van der Waals surface area (Å²) in [6, 6.07) is -0.460. The van der Waals surface area contributed by atoms with Crippen LogP contribution in [0.5, 0.6) is 0 Å². The number of aromatic nitrogens is 3. The lowest BCUT2D eigenvalue weighted by Gasteiger charge is -2.22. The maximum atomic E-state index is 11.7. The fourth-order valence-electron chi connectivity index (χ4n) is 1.15. The van der Waals surface area contributed by atoms with Gasteiger partial charge in [0.2, 0.25) is 5.91 Å². The number of carbonyl (C=O) groups is 1. The lowest BCUT2D eigenvalue weighted by Crippen LogP contribution is -2.44. The van der Waals surface area contributed by atoms with Gasteiger partial charge >= 0.3 is 0 Å². The molecule has 84 valence electrons. The molecule has 1 atom stereocenters. The first-order valence-electron chi connectivity index (χ1n) is 4.87. The van der Waals surface area contributed by atoms with Crippen molar-refractivity contribution in [1.82, 2.24) is 20.1 Å². The van der Waals surface area contributed by atoms with E-state index in [1.807, 2.05) is 13.8 Å². The number of hydrogen-bond acceptors (Lipinski definition) is 4. The highest BCUT2D eigenvalue weighted by Gasteiger charge is 2.21.